The van der Waals surface area contributed by atoms with Crippen molar-refractivity contribution in [2.24, 2.45) is 16.8 Å². The van der Waals surface area contributed by atoms with Gasteiger partial charge >= 0.3 is 6.09 Å². The first-order valence-corrected chi connectivity index (χ1v) is 3.16. The molecule has 10 heavy (non-hydrogen) atoms. The van der Waals surface area contributed by atoms with E-state index in [9.17, 15) is 4.79 Å². The van der Waals surface area contributed by atoms with Crippen molar-refractivity contribution >= 4 is 12.3 Å². The molecular formula is C6H12N2O2. The van der Waals surface area contributed by atoms with Crippen molar-refractivity contribution in [2.45, 2.75) is 20.3 Å². The lowest BCUT2D eigenvalue weighted by Gasteiger charge is -1.96. The summed E-state index contributed by atoms with van der Waals surface area (Å²) in [5, 5.41) is 3.34. The number of carbonyl (C=O) groups excluding carboxylic acids is 1. The largest absolute Gasteiger partial charge is 0.430 e. The van der Waals surface area contributed by atoms with Crippen molar-refractivity contribution < 1.29 is 9.63 Å². The highest BCUT2D eigenvalue weighted by molar-refractivity contribution is 5.66. The molecule has 0 radical (unpaired) electrons. The summed E-state index contributed by atoms with van der Waals surface area (Å²) < 4.78 is 0. The quantitative estimate of drug-likeness (QED) is 0.366. The Labute approximate surface area is 60.0 Å². The monoisotopic (exact) mass is 144 g/mol. The van der Waals surface area contributed by atoms with E-state index in [2.05, 4.69) is 15.7 Å². The molecule has 0 saturated heterocycles. The normalized spacial score (nSPS) is 13.4. The summed E-state index contributed by atoms with van der Waals surface area (Å²) in [7, 11) is 0. The highest BCUT2D eigenvalue weighted by Crippen LogP contribution is 1.95. The van der Waals surface area contributed by atoms with Crippen LogP contribution in [-0.2, 0) is 4.84 Å². The first kappa shape index (κ1) is 8.94. The Morgan fingerprint density at radius 1 is 1.90 bits per heavy atom. The van der Waals surface area contributed by atoms with Gasteiger partial charge in [0.2, 0.25) is 0 Å². The van der Waals surface area contributed by atoms with E-state index >= 15 is 0 Å². The van der Waals surface area contributed by atoms with Crippen molar-refractivity contribution in [3.8, 4) is 0 Å². The third kappa shape index (κ3) is 5.08. The Morgan fingerprint density at radius 3 is 2.90 bits per heavy atom. The van der Waals surface area contributed by atoms with Gasteiger partial charge in [-0.25, -0.2) is 4.79 Å². The number of hydrogen-bond donors (Lipinski definition) is 1. The maximum Gasteiger partial charge on any atom is 0.430 e. The minimum atomic E-state index is -0.875. The molecular weight excluding hydrogens is 132 g/mol. The van der Waals surface area contributed by atoms with Crippen LogP contribution in [0.25, 0.3) is 0 Å². The molecule has 0 fully saturated rings. The van der Waals surface area contributed by atoms with Gasteiger partial charge in [0.1, 0.15) is 0 Å². The molecule has 0 rings (SSSR count). The number of nitrogens with zero attached hydrogens (tertiary/aromatic N) is 1. The molecule has 2 N–H and O–H groups in total. The molecule has 0 heterocycles. The van der Waals surface area contributed by atoms with Crippen molar-refractivity contribution in [3.05, 3.63) is 0 Å². The molecule has 0 aromatic carbocycles. The molecule has 1 unspecified atom stereocenters. The Kier molecular flexibility index (Phi) is 4.28. The van der Waals surface area contributed by atoms with Crippen LogP contribution >= 0.6 is 0 Å². The van der Waals surface area contributed by atoms with E-state index in [1.165, 1.54) is 0 Å². The number of amides is 1. The summed E-state index contributed by atoms with van der Waals surface area (Å²) >= 11 is 0. The third-order valence-electron chi connectivity index (χ3n) is 1.10. The van der Waals surface area contributed by atoms with Gasteiger partial charge in [-0.15, -0.1) is 0 Å². The predicted molar refractivity (Wildman–Crippen MR) is 38.6 cm³/mol. The van der Waals surface area contributed by atoms with Gasteiger partial charge < -0.3 is 5.73 Å². The van der Waals surface area contributed by atoms with Crippen LogP contribution in [0.15, 0.2) is 5.16 Å². The first-order valence-electron chi connectivity index (χ1n) is 3.16. The van der Waals surface area contributed by atoms with Crippen LogP contribution in [0, 0.1) is 5.92 Å². The molecule has 4 nitrogen and oxygen atoms in total. The van der Waals surface area contributed by atoms with Crippen LogP contribution < -0.4 is 5.73 Å². The van der Waals surface area contributed by atoms with E-state index in [4.69, 9.17) is 0 Å². The molecule has 4 heteroatoms. The van der Waals surface area contributed by atoms with Gasteiger partial charge in [0.25, 0.3) is 0 Å². The van der Waals surface area contributed by atoms with Crippen molar-refractivity contribution in [3.63, 3.8) is 0 Å². The highest BCUT2D eigenvalue weighted by Gasteiger charge is 1.92. The third-order valence-corrected chi connectivity index (χ3v) is 1.10. The smallest absolute Gasteiger partial charge is 0.333 e. The van der Waals surface area contributed by atoms with Gasteiger partial charge in [0.05, 0.1) is 0 Å². The lowest BCUT2D eigenvalue weighted by molar-refractivity contribution is 0.161. The fourth-order valence-corrected chi connectivity index (χ4v) is 0.292. The second-order valence-electron chi connectivity index (χ2n) is 2.05. The molecule has 0 saturated carbocycles. The standard InChI is InChI=1S/C6H12N2O2/c1-3-5(2)4-8-10-6(7)9/h4-5H,3H2,1-2H3,(H2,7,9). The maximum absolute atomic E-state index is 9.96. The summed E-state index contributed by atoms with van der Waals surface area (Å²) in [4.78, 5) is 14.1. The van der Waals surface area contributed by atoms with Crippen LogP contribution in [0.1, 0.15) is 20.3 Å². The molecule has 0 aliphatic carbocycles. The topological polar surface area (TPSA) is 64.7 Å². The minimum absolute atomic E-state index is 0.319. The molecule has 0 aliphatic rings. The summed E-state index contributed by atoms with van der Waals surface area (Å²) in [5.41, 5.74) is 4.65. The summed E-state index contributed by atoms with van der Waals surface area (Å²) in [6.07, 6.45) is 1.63. The van der Waals surface area contributed by atoms with E-state index in [-0.39, 0.29) is 0 Å². The second kappa shape index (κ2) is 4.78. The van der Waals surface area contributed by atoms with Gasteiger partial charge in [-0.3, -0.25) is 4.84 Å². The molecule has 0 aromatic rings. The van der Waals surface area contributed by atoms with E-state index in [0.29, 0.717) is 5.92 Å². The van der Waals surface area contributed by atoms with Crippen molar-refractivity contribution in [2.75, 3.05) is 0 Å². The Hall–Kier alpha value is -1.06. The highest BCUT2D eigenvalue weighted by atomic mass is 16.7. The van der Waals surface area contributed by atoms with E-state index in [1.807, 2.05) is 13.8 Å². The fourth-order valence-electron chi connectivity index (χ4n) is 0.292. The zero-order chi connectivity index (χ0) is 7.98. The van der Waals surface area contributed by atoms with Crippen LogP contribution in [0.2, 0.25) is 0 Å². The van der Waals surface area contributed by atoms with Gasteiger partial charge in [-0.2, -0.15) is 0 Å². The second-order valence-corrected chi connectivity index (χ2v) is 2.05. The van der Waals surface area contributed by atoms with Gasteiger partial charge in [-0.05, 0) is 12.3 Å². The minimum Gasteiger partial charge on any atom is -0.333 e. The molecule has 1 atom stereocenters. The lowest BCUT2D eigenvalue weighted by Crippen LogP contribution is -2.09. The molecule has 0 aliphatic heterocycles. The van der Waals surface area contributed by atoms with E-state index in [0.717, 1.165) is 6.42 Å². The molecule has 58 valence electrons. The first-order chi connectivity index (χ1) is 4.66. The molecule has 1 amide bonds. The molecule has 0 spiro atoms. The van der Waals surface area contributed by atoms with Gasteiger partial charge in [0.15, 0.2) is 0 Å². The Balaban J connectivity index is 3.45. The van der Waals surface area contributed by atoms with Crippen LogP contribution in [0.5, 0.6) is 0 Å². The van der Waals surface area contributed by atoms with E-state index in [1.54, 1.807) is 6.21 Å². The predicted octanol–water partition coefficient (Wildman–Crippen LogP) is 1.11. The number of nitrogens with two attached hydrogens (primary N) is 1. The number of carbonyl (C=O) groups is 1. The average molecular weight is 144 g/mol. The average Bonchev–Trinajstić information content (AvgIpc) is 1.87. The molecule has 0 aromatic heterocycles. The van der Waals surface area contributed by atoms with Crippen molar-refractivity contribution in [1.82, 2.24) is 0 Å². The number of hydrogen-bond acceptors (Lipinski definition) is 3. The van der Waals surface area contributed by atoms with Gasteiger partial charge in [0, 0.05) is 6.21 Å². The SMILES string of the molecule is CCC(C)C=NOC(N)=O. The fraction of sp³-hybridized carbons (Fsp3) is 0.667. The molecule has 0 bridgehead atoms. The van der Waals surface area contributed by atoms with Crippen LogP contribution in [0.4, 0.5) is 4.79 Å². The van der Waals surface area contributed by atoms with Crippen molar-refractivity contribution in [1.29, 1.82) is 0 Å². The zero-order valence-electron chi connectivity index (χ0n) is 6.20. The van der Waals surface area contributed by atoms with Crippen LogP contribution in [0.3, 0.4) is 0 Å². The summed E-state index contributed by atoms with van der Waals surface area (Å²) in [6.45, 7) is 3.98. The lowest BCUT2D eigenvalue weighted by atomic mass is 10.1. The maximum atomic E-state index is 9.96. The van der Waals surface area contributed by atoms with Crippen LogP contribution in [-0.4, -0.2) is 12.3 Å². The summed E-state index contributed by atoms with van der Waals surface area (Å²) in [5.74, 6) is 0.319. The Bertz CT molecular complexity index is 134. The van der Waals surface area contributed by atoms with Gasteiger partial charge in [-0.1, -0.05) is 19.0 Å². The summed E-state index contributed by atoms with van der Waals surface area (Å²) in [6, 6.07) is 0. The zero-order valence-corrected chi connectivity index (χ0v) is 6.20. The number of oxime groups is 1. The Morgan fingerprint density at radius 2 is 2.50 bits per heavy atom. The number of primary amides is 1. The van der Waals surface area contributed by atoms with E-state index < -0.39 is 6.09 Å². The number of rotatable bonds is 3.